The van der Waals surface area contributed by atoms with Gasteiger partial charge in [-0.2, -0.15) is 0 Å². The molecule has 30 heavy (non-hydrogen) atoms. The number of aryl methyl sites for hydroxylation is 1. The smallest absolute Gasteiger partial charge is 0.233 e. The monoisotopic (exact) mass is 446 g/mol. The SMILES string of the molecule is Cc1occc1-c1nnc(SCC(=O)N(C)C2CCS(=O)(=O)C2)n1-c1ccccc1. The highest BCUT2D eigenvalue weighted by atomic mass is 32.2. The zero-order valence-corrected chi connectivity index (χ0v) is 18.3. The zero-order chi connectivity index (χ0) is 21.3. The van der Waals surface area contributed by atoms with Crippen LogP contribution in [0.4, 0.5) is 0 Å². The van der Waals surface area contributed by atoms with E-state index in [2.05, 4.69) is 10.2 Å². The third-order valence-electron chi connectivity index (χ3n) is 5.22. The van der Waals surface area contributed by atoms with E-state index in [1.807, 2.05) is 47.9 Å². The molecule has 0 N–H and O–H groups in total. The summed E-state index contributed by atoms with van der Waals surface area (Å²) in [7, 11) is -1.38. The lowest BCUT2D eigenvalue weighted by atomic mass is 10.2. The minimum absolute atomic E-state index is 0.0318. The molecule has 1 fully saturated rings. The number of amides is 1. The van der Waals surface area contributed by atoms with E-state index in [1.54, 1.807) is 18.2 Å². The third kappa shape index (κ3) is 4.15. The lowest BCUT2D eigenvalue weighted by Gasteiger charge is -2.23. The van der Waals surface area contributed by atoms with Crippen molar-refractivity contribution in [2.24, 2.45) is 0 Å². The van der Waals surface area contributed by atoms with Crippen LogP contribution in [0, 0.1) is 6.92 Å². The number of thioether (sulfide) groups is 1. The van der Waals surface area contributed by atoms with Crippen LogP contribution in [0.1, 0.15) is 12.2 Å². The molecule has 0 aliphatic carbocycles. The van der Waals surface area contributed by atoms with Crippen LogP contribution in [0.15, 0.2) is 52.2 Å². The van der Waals surface area contributed by atoms with Crippen molar-refractivity contribution in [3.05, 3.63) is 48.4 Å². The fraction of sp³-hybridized carbons (Fsp3) is 0.350. The molecule has 4 rings (SSSR count). The van der Waals surface area contributed by atoms with Gasteiger partial charge in [-0.05, 0) is 31.5 Å². The summed E-state index contributed by atoms with van der Waals surface area (Å²) in [5.41, 5.74) is 1.71. The molecule has 1 saturated heterocycles. The number of aromatic nitrogens is 3. The Labute approximate surface area is 179 Å². The van der Waals surface area contributed by atoms with Crippen molar-refractivity contribution in [1.82, 2.24) is 19.7 Å². The second-order valence-electron chi connectivity index (χ2n) is 7.22. The largest absolute Gasteiger partial charge is 0.469 e. The standard InChI is InChI=1S/C20H22N4O4S2/c1-14-17(8-10-28-14)19-21-22-20(24(19)15-6-4-3-5-7-15)29-12-18(25)23(2)16-9-11-30(26,27)13-16/h3-8,10,16H,9,11-13H2,1-2H3. The highest BCUT2D eigenvalue weighted by Crippen LogP contribution is 2.30. The number of benzene rings is 1. The van der Waals surface area contributed by atoms with E-state index in [4.69, 9.17) is 4.42 Å². The molecule has 0 bridgehead atoms. The molecule has 1 aliphatic rings. The van der Waals surface area contributed by atoms with Crippen LogP contribution in [-0.2, 0) is 14.6 Å². The first kappa shape index (κ1) is 20.7. The Morgan fingerprint density at radius 2 is 2.03 bits per heavy atom. The van der Waals surface area contributed by atoms with E-state index in [1.165, 1.54) is 11.8 Å². The van der Waals surface area contributed by atoms with Crippen LogP contribution in [0.5, 0.6) is 0 Å². The van der Waals surface area contributed by atoms with Crippen molar-refractivity contribution in [2.45, 2.75) is 24.5 Å². The summed E-state index contributed by atoms with van der Waals surface area (Å²) in [5.74, 6) is 1.54. The van der Waals surface area contributed by atoms with Crippen molar-refractivity contribution in [3.8, 4) is 17.1 Å². The fourth-order valence-electron chi connectivity index (χ4n) is 3.48. The maximum atomic E-state index is 12.7. The molecule has 8 nitrogen and oxygen atoms in total. The summed E-state index contributed by atoms with van der Waals surface area (Å²) in [4.78, 5) is 14.2. The number of furan rings is 1. The molecule has 2 aromatic heterocycles. The molecule has 1 atom stereocenters. The van der Waals surface area contributed by atoms with Gasteiger partial charge in [0, 0.05) is 18.8 Å². The van der Waals surface area contributed by atoms with Gasteiger partial charge in [-0.25, -0.2) is 8.42 Å². The molecule has 1 unspecified atom stereocenters. The van der Waals surface area contributed by atoms with Crippen LogP contribution in [0.3, 0.4) is 0 Å². The Bertz CT molecular complexity index is 1150. The highest BCUT2D eigenvalue weighted by Gasteiger charge is 2.32. The molecule has 0 saturated carbocycles. The fourth-order valence-corrected chi connectivity index (χ4v) is 6.13. The second-order valence-corrected chi connectivity index (χ2v) is 10.4. The molecule has 1 amide bonds. The van der Waals surface area contributed by atoms with Gasteiger partial charge in [0.15, 0.2) is 20.8 Å². The van der Waals surface area contributed by atoms with Gasteiger partial charge in [0.25, 0.3) is 0 Å². The lowest BCUT2D eigenvalue weighted by Crippen LogP contribution is -2.38. The average molecular weight is 447 g/mol. The third-order valence-corrected chi connectivity index (χ3v) is 7.89. The predicted octanol–water partition coefficient (Wildman–Crippen LogP) is 2.57. The first-order chi connectivity index (χ1) is 14.4. The Balaban J connectivity index is 1.57. The van der Waals surface area contributed by atoms with Gasteiger partial charge >= 0.3 is 0 Å². The van der Waals surface area contributed by atoms with Crippen LogP contribution in [0.2, 0.25) is 0 Å². The molecule has 1 aliphatic heterocycles. The quantitative estimate of drug-likeness (QED) is 0.537. The van der Waals surface area contributed by atoms with Gasteiger partial charge < -0.3 is 9.32 Å². The van der Waals surface area contributed by atoms with Crippen LogP contribution in [0.25, 0.3) is 17.1 Å². The first-order valence-electron chi connectivity index (χ1n) is 9.50. The van der Waals surface area contributed by atoms with Crippen LogP contribution in [-0.4, -0.2) is 64.3 Å². The minimum Gasteiger partial charge on any atom is -0.469 e. The van der Waals surface area contributed by atoms with E-state index in [0.717, 1.165) is 17.0 Å². The van der Waals surface area contributed by atoms with Crippen LogP contribution < -0.4 is 0 Å². The molecule has 158 valence electrons. The number of rotatable bonds is 6. The Morgan fingerprint density at radius 3 is 2.67 bits per heavy atom. The van der Waals surface area contributed by atoms with Gasteiger partial charge in [0.05, 0.1) is 29.1 Å². The summed E-state index contributed by atoms with van der Waals surface area (Å²) in [6.07, 6.45) is 2.09. The van der Waals surface area contributed by atoms with E-state index >= 15 is 0 Å². The summed E-state index contributed by atoms with van der Waals surface area (Å²) < 4.78 is 30.8. The topological polar surface area (TPSA) is 98.3 Å². The molecule has 0 spiro atoms. The Morgan fingerprint density at radius 1 is 1.27 bits per heavy atom. The average Bonchev–Trinajstić information content (AvgIpc) is 3.43. The Hall–Kier alpha value is -2.59. The number of carbonyl (C=O) groups is 1. The van der Waals surface area contributed by atoms with Gasteiger partial charge in [0.1, 0.15) is 5.76 Å². The van der Waals surface area contributed by atoms with Gasteiger partial charge in [-0.15, -0.1) is 10.2 Å². The maximum absolute atomic E-state index is 12.7. The number of carbonyl (C=O) groups excluding carboxylic acids is 1. The van der Waals surface area contributed by atoms with Crippen molar-refractivity contribution in [2.75, 3.05) is 24.3 Å². The van der Waals surface area contributed by atoms with E-state index in [0.29, 0.717) is 17.4 Å². The zero-order valence-electron chi connectivity index (χ0n) is 16.7. The summed E-state index contributed by atoms with van der Waals surface area (Å²) in [5, 5.41) is 9.23. The van der Waals surface area contributed by atoms with Crippen LogP contribution >= 0.6 is 11.8 Å². The van der Waals surface area contributed by atoms with Crippen molar-refractivity contribution in [1.29, 1.82) is 0 Å². The second kappa shape index (κ2) is 8.27. The van der Waals surface area contributed by atoms with E-state index in [9.17, 15) is 13.2 Å². The molecule has 3 heterocycles. The molecular formula is C20H22N4O4S2. The van der Waals surface area contributed by atoms with Crippen molar-refractivity contribution < 1.29 is 17.6 Å². The number of para-hydroxylation sites is 1. The number of sulfone groups is 1. The summed E-state index contributed by atoms with van der Waals surface area (Å²) >= 11 is 1.28. The van der Waals surface area contributed by atoms with Gasteiger partial charge in [0.2, 0.25) is 5.91 Å². The van der Waals surface area contributed by atoms with Crippen molar-refractivity contribution in [3.63, 3.8) is 0 Å². The van der Waals surface area contributed by atoms with E-state index < -0.39 is 9.84 Å². The predicted molar refractivity (Wildman–Crippen MR) is 114 cm³/mol. The number of hydrogen-bond acceptors (Lipinski definition) is 7. The van der Waals surface area contributed by atoms with Gasteiger partial charge in [-0.3, -0.25) is 9.36 Å². The van der Waals surface area contributed by atoms with E-state index in [-0.39, 0.29) is 29.2 Å². The maximum Gasteiger partial charge on any atom is 0.233 e. The lowest BCUT2D eigenvalue weighted by molar-refractivity contribution is -0.128. The number of nitrogens with zero attached hydrogens (tertiary/aromatic N) is 4. The number of hydrogen-bond donors (Lipinski definition) is 0. The molecular weight excluding hydrogens is 424 g/mol. The normalized spacial score (nSPS) is 17.9. The highest BCUT2D eigenvalue weighted by molar-refractivity contribution is 7.99. The molecule has 3 aromatic rings. The molecule has 10 heteroatoms. The Kier molecular flexibility index (Phi) is 5.70. The summed E-state index contributed by atoms with van der Waals surface area (Å²) in [6, 6.07) is 11.3. The molecule has 0 radical (unpaired) electrons. The van der Waals surface area contributed by atoms with Crippen molar-refractivity contribution >= 4 is 27.5 Å². The summed E-state index contributed by atoms with van der Waals surface area (Å²) in [6.45, 7) is 1.86. The first-order valence-corrected chi connectivity index (χ1v) is 12.3. The minimum atomic E-state index is -3.05. The molecule has 1 aromatic carbocycles. The van der Waals surface area contributed by atoms with Gasteiger partial charge in [-0.1, -0.05) is 30.0 Å².